The van der Waals surface area contributed by atoms with E-state index in [0.29, 0.717) is 21.9 Å². The van der Waals surface area contributed by atoms with E-state index >= 15 is 0 Å². The van der Waals surface area contributed by atoms with Gasteiger partial charge in [0.1, 0.15) is 0 Å². The molecule has 1 heterocycles. The summed E-state index contributed by atoms with van der Waals surface area (Å²) in [6.45, 7) is 9.28. The van der Waals surface area contributed by atoms with Gasteiger partial charge in [0.2, 0.25) is 10.0 Å². The third kappa shape index (κ3) is 6.11. The van der Waals surface area contributed by atoms with Crippen LogP contribution in [0, 0.1) is 13.8 Å². The van der Waals surface area contributed by atoms with Crippen molar-refractivity contribution in [3.8, 4) is 11.1 Å². The first kappa shape index (κ1) is 28.6. The average molecular weight is 529 g/mol. The number of hydrogen-bond acceptors (Lipinski definition) is 5. The third-order valence-corrected chi connectivity index (χ3v) is 8.28. The zero-order valence-corrected chi connectivity index (χ0v) is 23.6. The second-order valence-electron chi connectivity index (χ2n) is 10.6. The van der Waals surface area contributed by atoms with Crippen LogP contribution >= 0.6 is 0 Å². The summed E-state index contributed by atoms with van der Waals surface area (Å²) in [5.41, 5.74) is 3.29. The van der Waals surface area contributed by atoms with Crippen LogP contribution in [-0.2, 0) is 33.0 Å². The first-order chi connectivity index (χ1) is 17.0. The Morgan fingerprint density at radius 3 is 2.24 bits per heavy atom. The Hall–Kier alpha value is -3.01. The van der Waals surface area contributed by atoms with E-state index in [9.17, 15) is 23.1 Å². The van der Waals surface area contributed by atoms with Crippen molar-refractivity contribution in [1.82, 2.24) is 8.87 Å². The van der Waals surface area contributed by atoms with Gasteiger partial charge in [-0.15, -0.1) is 0 Å². The van der Waals surface area contributed by atoms with Gasteiger partial charge in [0.25, 0.3) is 5.56 Å². The summed E-state index contributed by atoms with van der Waals surface area (Å²) in [5, 5.41) is 11.2. The molecule has 0 spiro atoms. The number of carboxylic acids is 1. The van der Waals surface area contributed by atoms with Gasteiger partial charge in [-0.2, -0.15) is 0 Å². The number of benzene rings is 2. The largest absolute Gasteiger partial charge is 0.479 e. The molecule has 1 unspecified atom stereocenters. The molecule has 200 valence electrons. The van der Waals surface area contributed by atoms with Gasteiger partial charge >= 0.3 is 5.97 Å². The Labute approximate surface area is 218 Å². The van der Waals surface area contributed by atoms with Crippen LogP contribution in [0.3, 0.4) is 0 Å². The Kier molecular flexibility index (Phi) is 8.02. The zero-order valence-electron chi connectivity index (χ0n) is 22.7. The van der Waals surface area contributed by atoms with E-state index in [0.717, 1.165) is 16.7 Å². The van der Waals surface area contributed by atoms with Gasteiger partial charge < -0.3 is 14.4 Å². The number of nitrogens with zero attached hydrogens (tertiary/aromatic N) is 2. The van der Waals surface area contributed by atoms with Gasteiger partial charge in [0.15, 0.2) is 6.10 Å². The summed E-state index contributed by atoms with van der Waals surface area (Å²) in [6, 6.07) is 11.1. The normalized spacial score (nSPS) is 13.3. The second kappa shape index (κ2) is 10.4. The molecule has 0 fully saturated rings. The Balaban J connectivity index is 2.35. The number of carbonyl (C=O) groups is 1. The Morgan fingerprint density at radius 2 is 1.70 bits per heavy atom. The number of aryl methyl sites for hydroxylation is 3. The van der Waals surface area contributed by atoms with Crippen molar-refractivity contribution < 1.29 is 23.1 Å². The number of aromatic nitrogens is 1. The van der Waals surface area contributed by atoms with E-state index in [2.05, 4.69) is 0 Å². The minimum atomic E-state index is -3.40. The molecule has 0 saturated carbocycles. The molecule has 3 rings (SSSR count). The highest BCUT2D eigenvalue weighted by Gasteiger charge is 2.33. The number of ether oxygens (including phenoxy) is 1. The van der Waals surface area contributed by atoms with Crippen molar-refractivity contribution >= 4 is 26.8 Å². The number of carboxylic acid groups (broad SMARTS) is 1. The maximum Gasteiger partial charge on any atom is 0.339 e. The number of pyridine rings is 1. The van der Waals surface area contributed by atoms with E-state index in [4.69, 9.17) is 4.74 Å². The monoisotopic (exact) mass is 528 g/mol. The summed E-state index contributed by atoms with van der Waals surface area (Å²) >= 11 is 0. The first-order valence-corrected chi connectivity index (χ1v) is 13.7. The summed E-state index contributed by atoms with van der Waals surface area (Å²) in [7, 11) is 1.12. The standard InChI is InChI=1S/C28H36N2O6S/c1-17-9-11-20(15-18(17)2)23-21-12-10-19(13-14-37(34,35)29(6)7)16-22(21)26(31)30(8)24(23)25(27(32)33)36-28(3,4)5/h9-12,15-16,25H,13-14H2,1-8H3,(H,32,33). The highest BCUT2D eigenvalue weighted by molar-refractivity contribution is 7.89. The van der Waals surface area contributed by atoms with Crippen LogP contribution in [0.25, 0.3) is 21.9 Å². The summed E-state index contributed by atoms with van der Waals surface area (Å²) in [4.78, 5) is 26.1. The van der Waals surface area contributed by atoms with E-state index in [-0.39, 0.29) is 23.4 Å². The smallest absolute Gasteiger partial charge is 0.339 e. The fourth-order valence-electron chi connectivity index (χ4n) is 4.25. The minimum Gasteiger partial charge on any atom is -0.479 e. The van der Waals surface area contributed by atoms with Gasteiger partial charge in [-0.05, 0) is 74.7 Å². The molecule has 0 radical (unpaired) electrons. The van der Waals surface area contributed by atoms with Crippen molar-refractivity contribution in [1.29, 1.82) is 0 Å². The van der Waals surface area contributed by atoms with Crippen molar-refractivity contribution in [2.75, 3.05) is 19.8 Å². The first-order valence-electron chi connectivity index (χ1n) is 12.1. The average Bonchev–Trinajstić information content (AvgIpc) is 2.79. The molecule has 0 aliphatic rings. The highest BCUT2D eigenvalue weighted by atomic mass is 32.2. The molecule has 8 nitrogen and oxygen atoms in total. The number of hydrogen-bond donors (Lipinski definition) is 1. The number of sulfonamides is 1. The molecular formula is C28H36N2O6S. The van der Waals surface area contributed by atoms with Crippen LogP contribution in [0.5, 0.6) is 0 Å². The molecule has 1 N–H and O–H groups in total. The van der Waals surface area contributed by atoms with Crippen LogP contribution in [0.2, 0.25) is 0 Å². The van der Waals surface area contributed by atoms with Crippen molar-refractivity contribution in [3.05, 3.63) is 69.1 Å². The van der Waals surface area contributed by atoms with E-state index in [1.54, 1.807) is 46.0 Å². The molecule has 9 heteroatoms. The molecule has 37 heavy (non-hydrogen) atoms. The number of rotatable bonds is 8. The maximum atomic E-state index is 13.6. The van der Waals surface area contributed by atoms with E-state index < -0.39 is 27.7 Å². The summed E-state index contributed by atoms with van der Waals surface area (Å²) < 4.78 is 33.1. The second-order valence-corrected chi connectivity index (χ2v) is 12.9. The van der Waals surface area contributed by atoms with Gasteiger partial charge in [0.05, 0.1) is 17.0 Å². The van der Waals surface area contributed by atoms with Crippen LogP contribution in [0.4, 0.5) is 0 Å². The quantitative estimate of drug-likeness (QED) is 0.470. The molecule has 0 aliphatic heterocycles. The molecule has 2 aromatic carbocycles. The summed E-state index contributed by atoms with van der Waals surface area (Å²) in [6.07, 6.45) is -1.14. The maximum absolute atomic E-state index is 13.6. The lowest BCUT2D eigenvalue weighted by molar-refractivity contribution is -0.161. The topological polar surface area (TPSA) is 106 Å². The molecule has 3 aromatic rings. The van der Waals surface area contributed by atoms with Crippen LogP contribution in [0.15, 0.2) is 41.2 Å². The van der Waals surface area contributed by atoms with Crippen LogP contribution in [0.1, 0.15) is 49.3 Å². The molecule has 0 aliphatic carbocycles. The zero-order chi connectivity index (χ0) is 27.9. The highest BCUT2D eigenvalue weighted by Crippen LogP contribution is 2.37. The third-order valence-electron chi connectivity index (χ3n) is 6.45. The summed E-state index contributed by atoms with van der Waals surface area (Å²) in [5.74, 6) is -1.28. The lowest BCUT2D eigenvalue weighted by Crippen LogP contribution is -2.33. The lowest BCUT2D eigenvalue weighted by Gasteiger charge is -2.28. The van der Waals surface area contributed by atoms with Gasteiger partial charge in [0, 0.05) is 32.1 Å². The molecular weight excluding hydrogens is 492 g/mol. The predicted molar refractivity (Wildman–Crippen MR) is 146 cm³/mol. The van der Waals surface area contributed by atoms with Crippen LogP contribution < -0.4 is 5.56 Å². The molecule has 0 bridgehead atoms. The van der Waals surface area contributed by atoms with Gasteiger partial charge in [-0.25, -0.2) is 17.5 Å². The lowest BCUT2D eigenvalue weighted by atomic mass is 9.91. The molecule has 1 aromatic heterocycles. The fraction of sp³-hybridized carbons (Fsp3) is 0.429. The van der Waals surface area contributed by atoms with Crippen molar-refractivity contribution in [2.45, 2.75) is 52.7 Å². The number of fused-ring (bicyclic) bond motifs is 1. The van der Waals surface area contributed by atoms with E-state index in [1.165, 1.54) is 23.0 Å². The molecule has 1 atom stereocenters. The van der Waals surface area contributed by atoms with Crippen LogP contribution in [-0.4, -0.2) is 53.8 Å². The SMILES string of the molecule is Cc1ccc(-c2c(C(OC(C)(C)C)C(=O)O)n(C)c(=O)c3cc(CCS(=O)(=O)N(C)C)ccc23)cc1C. The van der Waals surface area contributed by atoms with Crippen molar-refractivity contribution in [2.24, 2.45) is 7.05 Å². The number of aliphatic carboxylic acids is 1. The van der Waals surface area contributed by atoms with Crippen molar-refractivity contribution in [3.63, 3.8) is 0 Å². The molecule has 0 amide bonds. The fourth-order valence-corrected chi connectivity index (χ4v) is 5.11. The van der Waals surface area contributed by atoms with E-state index in [1.807, 2.05) is 32.0 Å². The molecule has 0 saturated heterocycles. The predicted octanol–water partition coefficient (Wildman–Crippen LogP) is 4.20. The Bertz CT molecular complexity index is 1510. The Morgan fingerprint density at radius 1 is 1.05 bits per heavy atom. The van der Waals surface area contributed by atoms with Gasteiger partial charge in [-0.1, -0.05) is 30.3 Å². The van der Waals surface area contributed by atoms with Gasteiger partial charge in [-0.3, -0.25) is 4.79 Å². The minimum absolute atomic E-state index is 0.0889.